The molecule has 0 aliphatic heterocycles. The average molecular weight is 305 g/mol. The van der Waals surface area contributed by atoms with Crippen molar-refractivity contribution in [3.05, 3.63) is 41.4 Å². The Bertz CT molecular complexity index is 539. The number of benzene rings is 1. The Kier molecular flexibility index (Phi) is 5.73. The van der Waals surface area contributed by atoms with Crippen LogP contribution in [0.15, 0.2) is 35.7 Å². The van der Waals surface area contributed by atoms with Crippen LogP contribution in [0.1, 0.15) is 26.5 Å². The van der Waals surface area contributed by atoms with E-state index in [9.17, 15) is 5.11 Å². The molecule has 1 unspecified atom stereocenters. The van der Waals surface area contributed by atoms with Crippen LogP contribution in [-0.2, 0) is 6.54 Å². The Hall–Kier alpha value is -1.43. The maximum Gasteiger partial charge on any atom is 0.187 e. The number of para-hydroxylation sites is 1. The number of aromatic nitrogens is 1. The highest BCUT2D eigenvalue weighted by Crippen LogP contribution is 2.21. The minimum absolute atomic E-state index is 0.326. The minimum atomic E-state index is -0.326. The van der Waals surface area contributed by atoms with Gasteiger partial charge >= 0.3 is 0 Å². The number of thiazole rings is 1. The van der Waals surface area contributed by atoms with Crippen molar-refractivity contribution in [3.8, 4) is 0 Å². The van der Waals surface area contributed by atoms with Gasteiger partial charge in [-0.2, -0.15) is 0 Å². The maximum absolute atomic E-state index is 9.58. The van der Waals surface area contributed by atoms with Gasteiger partial charge in [0, 0.05) is 30.2 Å². The summed E-state index contributed by atoms with van der Waals surface area (Å²) in [6.07, 6.45) is -0.326. The van der Waals surface area contributed by atoms with Gasteiger partial charge < -0.3 is 10.4 Å². The highest BCUT2D eigenvalue weighted by Gasteiger charge is 2.14. The Morgan fingerprint density at radius 3 is 2.57 bits per heavy atom. The molecule has 5 heteroatoms. The number of rotatable bonds is 7. The zero-order valence-electron chi connectivity index (χ0n) is 12.8. The molecule has 0 spiro atoms. The molecule has 0 bridgehead atoms. The van der Waals surface area contributed by atoms with E-state index < -0.39 is 0 Å². The summed E-state index contributed by atoms with van der Waals surface area (Å²) in [6, 6.07) is 10.4. The molecule has 0 saturated heterocycles. The predicted molar refractivity (Wildman–Crippen MR) is 89.1 cm³/mol. The van der Waals surface area contributed by atoms with E-state index in [1.54, 1.807) is 11.3 Å². The van der Waals surface area contributed by atoms with Crippen LogP contribution in [-0.4, -0.2) is 33.7 Å². The van der Waals surface area contributed by atoms with Crippen molar-refractivity contribution in [1.29, 1.82) is 0 Å². The monoisotopic (exact) mass is 305 g/mol. The van der Waals surface area contributed by atoms with Crippen LogP contribution in [0.2, 0.25) is 0 Å². The second-order valence-corrected chi connectivity index (χ2v) is 6.37. The number of aliphatic hydroxyl groups excluding tert-OH is 1. The van der Waals surface area contributed by atoms with Crippen LogP contribution in [0.5, 0.6) is 0 Å². The first kappa shape index (κ1) is 15.9. The third kappa shape index (κ3) is 5.12. The van der Waals surface area contributed by atoms with E-state index in [1.807, 2.05) is 37.3 Å². The summed E-state index contributed by atoms with van der Waals surface area (Å²) in [6.45, 7) is 7.51. The standard InChI is InChI=1S/C16H23N3OS/c1-12(2)19(9-13(3)20)10-15-11-21-16(18-15)17-14-7-5-4-6-8-14/h4-8,11-13,20H,9-10H2,1-3H3,(H,17,18). The first-order valence-electron chi connectivity index (χ1n) is 7.23. The largest absolute Gasteiger partial charge is 0.392 e. The molecule has 2 rings (SSSR count). The fourth-order valence-corrected chi connectivity index (χ4v) is 2.81. The predicted octanol–water partition coefficient (Wildman–Crippen LogP) is 3.48. The van der Waals surface area contributed by atoms with Crippen molar-refractivity contribution in [2.24, 2.45) is 0 Å². The van der Waals surface area contributed by atoms with Gasteiger partial charge in [-0.1, -0.05) is 18.2 Å². The third-order valence-electron chi connectivity index (χ3n) is 3.17. The summed E-state index contributed by atoms with van der Waals surface area (Å²) >= 11 is 1.61. The molecule has 1 aromatic carbocycles. The van der Waals surface area contributed by atoms with Crippen LogP contribution in [0.25, 0.3) is 0 Å². The van der Waals surface area contributed by atoms with Crippen molar-refractivity contribution in [3.63, 3.8) is 0 Å². The van der Waals surface area contributed by atoms with E-state index in [4.69, 9.17) is 0 Å². The number of aliphatic hydroxyl groups is 1. The smallest absolute Gasteiger partial charge is 0.187 e. The molecule has 2 N–H and O–H groups in total. The molecule has 21 heavy (non-hydrogen) atoms. The van der Waals surface area contributed by atoms with Gasteiger partial charge in [0.25, 0.3) is 0 Å². The summed E-state index contributed by atoms with van der Waals surface area (Å²) in [7, 11) is 0. The van der Waals surface area contributed by atoms with Gasteiger partial charge in [0.05, 0.1) is 11.8 Å². The molecule has 2 aromatic rings. The van der Waals surface area contributed by atoms with Crippen LogP contribution in [0, 0.1) is 0 Å². The SMILES string of the molecule is CC(O)CN(Cc1csc(Nc2ccccc2)n1)C(C)C. The number of hydrogen-bond acceptors (Lipinski definition) is 5. The van der Waals surface area contributed by atoms with Crippen molar-refractivity contribution in [2.75, 3.05) is 11.9 Å². The summed E-state index contributed by atoms with van der Waals surface area (Å²) in [5.74, 6) is 0. The number of nitrogens with zero attached hydrogens (tertiary/aromatic N) is 2. The molecule has 0 radical (unpaired) electrons. The van der Waals surface area contributed by atoms with Gasteiger partial charge in [-0.3, -0.25) is 4.90 Å². The normalized spacial score (nSPS) is 12.9. The number of hydrogen-bond donors (Lipinski definition) is 2. The van der Waals surface area contributed by atoms with Gasteiger partial charge in [0.2, 0.25) is 0 Å². The van der Waals surface area contributed by atoms with E-state index in [2.05, 4.69) is 34.4 Å². The van der Waals surface area contributed by atoms with Crippen molar-refractivity contribution >= 4 is 22.2 Å². The molecule has 4 nitrogen and oxygen atoms in total. The lowest BCUT2D eigenvalue weighted by molar-refractivity contribution is 0.102. The fourth-order valence-electron chi connectivity index (χ4n) is 2.09. The Labute approximate surface area is 130 Å². The summed E-state index contributed by atoms with van der Waals surface area (Å²) in [5.41, 5.74) is 2.08. The summed E-state index contributed by atoms with van der Waals surface area (Å²) in [4.78, 5) is 6.85. The lowest BCUT2D eigenvalue weighted by Gasteiger charge is -2.26. The fraction of sp³-hybridized carbons (Fsp3) is 0.438. The van der Waals surface area contributed by atoms with Crippen LogP contribution < -0.4 is 5.32 Å². The molecule has 0 aliphatic rings. The third-order valence-corrected chi connectivity index (χ3v) is 3.98. The van der Waals surface area contributed by atoms with E-state index in [-0.39, 0.29) is 6.10 Å². The minimum Gasteiger partial charge on any atom is -0.392 e. The van der Waals surface area contributed by atoms with Crippen molar-refractivity contribution < 1.29 is 5.11 Å². The zero-order chi connectivity index (χ0) is 15.2. The highest BCUT2D eigenvalue weighted by molar-refractivity contribution is 7.13. The van der Waals surface area contributed by atoms with Crippen molar-refractivity contribution in [2.45, 2.75) is 39.5 Å². The molecule has 0 amide bonds. The lowest BCUT2D eigenvalue weighted by atomic mass is 10.2. The van der Waals surface area contributed by atoms with Crippen LogP contribution in [0.3, 0.4) is 0 Å². The number of anilines is 2. The van der Waals surface area contributed by atoms with E-state index in [1.165, 1.54) is 0 Å². The van der Waals surface area contributed by atoms with Gasteiger partial charge in [-0.05, 0) is 32.9 Å². The second kappa shape index (κ2) is 7.54. The number of nitrogens with one attached hydrogen (secondary N) is 1. The summed E-state index contributed by atoms with van der Waals surface area (Å²) < 4.78 is 0. The molecular formula is C16H23N3OS. The van der Waals surface area contributed by atoms with Crippen LogP contribution >= 0.6 is 11.3 Å². The van der Waals surface area contributed by atoms with Crippen molar-refractivity contribution in [1.82, 2.24) is 9.88 Å². The van der Waals surface area contributed by atoms with Crippen LogP contribution in [0.4, 0.5) is 10.8 Å². The Morgan fingerprint density at radius 2 is 1.95 bits per heavy atom. The lowest BCUT2D eigenvalue weighted by Crippen LogP contribution is -2.36. The molecule has 1 heterocycles. The molecule has 1 aromatic heterocycles. The Morgan fingerprint density at radius 1 is 1.24 bits per heavy atom. The first-order chi connectivity index (χ1) is 10.0. The quantitative estimate of drug-likeness (QED) is 0.822. The maximum atomic E-state index is 9.58. The van der Waals surface area contributed by atoms with Gasteiger partial charge in [0.1, 0.15) is 0 Å². The first-order valence-corrected chi connectivity index (χ1v) is 8.11. The molecule has 0 fully saturated rings. The molecule has 114 valence electrons. The topological polar surface area (TPSA) is 48.4 Å². The second-order valence-electron chi connectivity index (χ2n) is 5.51. The van der Waals surface area contributed by atoms with Gasteiger partial charge in [0.15, 0.2) is 5.13 Å². The van der Waals surface area contributed by atoms with Gasteiger partial charge in [-0.25, -0.2) is 4.98 Å². The zero-order valence-corrected chi connectivity index (χ0v) is 13.6. The highest BCUT2D eigenvalue weighted by atomic mass is 32.1. The molecule has 0 saturated carbocycles. The van der Waals surface area contributed by atoms with E-state index in [0.29, 0.717) is 12.6 Å². The summed E-state index contributed by atoms with van der Waals surface area (Å²) in [5, 5.41) is 15.9. The van der Waals surface area contributed by atoms with E-state index >= 15 is 0 Å². The molecular weight excluding hydrogens is 282 g/mol. The molecule has 1 atom stereocenters. The van der Waals surface area contributed by atoms with E-state index in [0.717, 1.165) is 23.1 Å². The Balaban J connectivity index is 1.98. The molecule has 0 aliphatic carbocycles. The average Bonchev–Trinajstić information content (AvgIpc) is 2.86. The van der Waals surface area contributed by atoms with Gasteiger partial charge in [-0.15, -0.1) is 11.3 Å².